The molecular weight excluding hydrogens is 480 g/mol. The summed E-state index contributed by atoms with van der Waals surface area (Å²) in [6.45, 7) is 4.28. The van der Waals surface area contributed by atoms with E-state index in [1.54, 1.807) is 60.7 Å². The second kappa shape index (κ2) is 10.9. The number of rotatable bonds is 7. The molecular formula is C30H32N4O4. The van der Waals surface area contributed by atoms with Gasteiger partial charge in [0.1, 0.15) is 5.84 Å². The molecule has 3 aromatic carbocycles. The molecule has 4 rings (SSSR count). The van der Waals surface area contributed by atoms with Crippen LogP contribution in [0.5, 0.6) is 0 Å². The summed E-state index contributed by atoms with van der Waals surface area (Å²) in [6.07, 6.45) is 4.10. The van der Waals surface area contributed by atoms with Gasteiger partial charge in [0.2, 0.25) is 0 Å². The van der Waals surface area contributed by atoms with Crippen molar-refractivity contribution in [3.63, 3.8) is 0 Å². The highest BCUT2D eigenvalue weighted by molar-refractivity contribution is 6.11. The average Bonchev–Trinajstić information content (AvgIpc) is 2.89. The normalized spacial score (nSPS) is 16.3. The number of nitrogens with one attached hydrogen (secondary N) is 3. The minimum atomic E-state index is -1.19. The maximum absolute atomic E-state index is 13.2. The summed E-state index contributed by atoms with van der Waals surface area (Å²) in [5.74, 6) is -2.00. The number of carboxylic acids is 1. The smallest absolute Gasteiger partial charge is 0.336 e. The highest BCUT2D eigenvalue weighted by Crippen LogP contribution is 2.36. The zero-order valence-corrected chi connectivity index (χ0v) is 21.5. The van der Waals surface area contributed by atoms with Crippen LogP contribution in [0.2, 0.25) is 0 Å². The Bertz CT molecular complexity index is 1400. The van der Waals surface area contributed by atoms with Gasteiger partial charge < -0.3 is 21.5 Å². The molecule has 0 radical (unpaired) electrons. The fraction of sp³-hybridized carbons (Fsp3) is 0.267. The van der Waals surface area contributed by atoms with Crippen LogP contribution in [0.15, 0.2) is 66.7 Å². The Hall–Kier alpha value is -4.46. The third-order valence-corrected chi connectivity index (χ3v) is 7.24. The minimum absolute atomic E-state index is 0.0191. The SMILES string of the molecule is CC1(C)CCCCC1NC(=O)c1ccc(-c2ccccc2C(=O)Nc2ccc(C(=N)N)cc2)c(C(=O)O)c1. The van der Waals surface area contributed by atoms with Crippen molar-refractivity contribution in [3.05, 3.63) is 89.0 Å². The highest BCUT2D eigenvalue weighted by atomic mass is 16.4. The van der Waals surface area contributed by atoms with Crippen LogP contribution >= 0.6 is 0 Å². The number of carbonyl (C=O) groups is 3. The van der Waals surface area contributed by atoms with Gasteiger partial charge in [-0.05, 0) is 71.8 Å². The Balaban J connectivity index is 1.62. The van der Waals surface area contributed by atoms with Gasteiger partial charge in [-0.2, -0.15) is 0 Å². The second-order valence-electron chi connectivity index (χ2n) is 10.3. The van der Waals surface area contributed by atoms with Crippen molar-refractivity contribution in [2.45, 2.75) is 45.6 Å². The van der Waals surface area contributed by atoms with Crippen molar-refractivity contribution in [1.82, 2.24) is 5.32 Å². The van der Waals surface area contributed by atoms with Crippen LogP contribution in [-0.4, -0.2) is 34.8 Å². The quantitative estimate of drug-likeness (QED) is 0.216. The fourth-order valence-electron chi connectivity index (χ4n) is 4.95. The van der Waals surface area contributed by atoms with E-state index in [1.807, 2.05) is 0 Å². The van der Waals surface area contributed by atoms with Crippen LogP contribution in [0.4, 0.5) is 5.69 Å². The molecule has 8 heteroatoms. The van der Waals surface area contributed by atoms with E-state index in [1.165, 1.54) is 6.07 Å². The van der Waals surface area contributed by atoms with Crippen LogP contribution in [-0.2, 0) is 0 Å². The molecule has 8 nitrogen and oxygen atoms in total. The second-order valence-corrected chi connectivity index (χ2v) is 10.3. The lowest BCUT2D eigenvalue weighted by Gasteiger charge is -2.39. The molecule has 1 atom stereocenters. The van der Waals surface area contributed by atoms with Gasteiger partial charge in [0.05, 0.1) is 5.56 Å². The molecule has 1 aliphatic rings. The van der Waals surface area contributed by atoms with Gasteiger partial charge in [0.25, 0.3) is 11.8 Å². The molecule has 0 spiro atoms. The van der Waals surface area contributed by atoms with Crippen molar-refractivity contribution >= 4 is 29.3 Å². The molecule has 0 bridgehead atoms. The number of nitrogen functional groups attached to an aromatic ring is 1. The fourth-order valence-corrected chi connectivity index (χ4v) is 4.95. The molecule has 0 heterocycles. The van der Waals surface area contributed by atoms with Crippen molar-refractivity contribution in [3.8, 4) is 11.1 Å². The maximum atomic E-state index is 13.2. The van der Waals surface area contributed by atoms with E-state index in [4.69, 9.17) is 11.1 Å². The zero-order chi connectivity index (χ0) is 27.4. The van der Waals surface area contributed by atoms with Crippen molar-refractivity contribution < 1.29 is 19.5 Å². The number of carbonyl (C=O) groups excluding carboxylic acids is 2. The summed E-state index contributed by atoms with van der Waals surface area (Å²) in [7, 11) is 0. The molecule has 6 N–H and O–H groups in total. The van der Waals surface area contributed by atoms with Crippen LogP contribution in [0, 0.1) is 10.8 Å². The topological polar surface area (TPSA) is 145 Å². The molecule has 1 saturated carbocycles. The van der Waals surface area contributed by atoms with E-state index in [-0.39, 0.29) is 39.9 Å². The Morgan fingerprint density at radius 1 is 0.895 bits per heavy atom. The molecule has 2 amide bonds. The summed E-state index contributed by atoms with van der Waals surface area (Å²) in [6, 6.07) is 17.8. The van der Waals surface area contributed by atoms with Gasteiger partial charge in [0, 0.05) is 28.4 Å². The van der Waals surface area contributed by atoms with Crippen LogP contribution in [0.25, 0.3) is 11.1 Å². The summed E-state index contributed by atoms with van der Waals surface area (Å²) in [5.41, 5.74) is 7.76. The molecule has 0 aliphatic heterocycles. The zero-order valence-electron chi connectivity index (χ0n) is 21.5. The van der Waals surface area contributed by atoms with Crippen molar-refractivity contribution in [1.29, 1.82) is 5.41 Å². The molecule has 196 valence electrons. The van der Waals surface area contributed by atoms with Crippen LogP contribution < -0.4 is 16.4 Å². The summed E-state index contributed by atoms with van der Waals surface area (Å²) >= 11 is 0. The highest BCUT2D eigenvalue weighted by Gasteiger charge is 2.33. The minimum Gasteiger partial charge on any atom is -0.478 e. The molecule has 1 unspecified atom stereocenters. The van der Waals surface area contributed by atoms with Crippen LogP contribution in [0.3, 0.4) is 0 Å². The van der Waals surface area contributed by atoms with E-state index in [9.17, 15) is 19.5 Å². The first-order valence-corrected chi connectivity index (χ1v) is 12.6. The first-order valence-electron chi connectivity index (χ1n) is 12.6. The number of aromatic carboxylic acids is 1. The monoisotopic (exact) mass is 512 g/mol. The predicted molar refractivity (Wildman–Crippen MR) is 148 cm³/mol. The van der Waals surface area contributed by atoms with Gasteiger partial charge in [-0.3, -0.25) is 15.0 Å². The van der Waals surface area contributed by atoms with Gasteiger partial charge >= 0.3 is 5.97 Å². The summed E-state index contributed by atoms with van der Waals surface area (Å²) in [4.78, 5) is 38.5. The molecule has 38 heavy (non-hydrogen) atoms. The van der Waals surface area contributed by atoms with Gasteiger partial charge in [-0.25, -0.2) is 4.79 Å². The average molecular weight is 513 g/mol. The lowest BCUT2D eigenvalue weighted by atomic mass is 9.73. The first kappa shape index (κ1) is 26.6. The first-order chi connectivity index (χ1) is 18.1. The number of nitrogens with two attached hydrogens (primary N) is 1. The molecule has 3 aromatic rings. The maximum Gasteiger partial charge on any atom is 0.336 e. The van der Waals surface area contributed by atoms with Crippen molar-refractivity contribution in [2.24, 2.45) is 11.1 Å². The largest absolute Gasteiger partial charge is 0.478 e. The molecule has 1 aliphatic carbocycles. The third kappa shape index (κ3) is 5.75. The Kier molecular flexibility index (Phi) is 7.62. The Labute approximate surface area is 221 Å². The summed E-state index contributed by atoms with van der Waals surface area (Å²) < 4.78 is 0. The van der Waals surface area contributed by atoms with Crippen LogP contribution in [0.1, 0.15) is 76.2 Å². The number of carboxylic acid groups (broad SMARTS) is 1. The van der Waals surface area contributed by atoms with E-state index in [0.29, 0.717) is 22.4 Å². The van der Waals surface area contributed by atoms with Crippen molar-refractivity contribution in [2.75, 3.05) is 5.32 Å². The number of amidine groups is 1. The molecule has 0 saturated heterocycles. The van der Waals surface area contributed by atoms with E-state index >= 15 is 0 Å². The summed E-state index contributed by atoms with van der Waals surface area (Å²) in [5, 5.41) is 23.4. The predicted octanol–water partition coefficient (Wildman–Crippen LogP) is 5.29. The number of benzene rings is 3. The Morgan fingerprint density at radius 3 is 2.21 bits per heavy atom. The third-order valence-electron chi connectivity index (χ3n) is 7.24. The standard InChI is InChI=1S/C30H32N4O4/c1-30(2)16-6-5-9-25(30)34-27(35)19-12-15-22(24(17-19)29(37)38)21-7-3-4-8-23(21)28(36)33-20-13-10-18(11-14-20)26(31)32/h3-4,7-8,10-15,17,25H,5-6,9,16H2,1-2H3,(H3,31,32)(H,33,36)(H,34,35)(H,37,38). The number of hydrogen-bond acceptors (Lipinski definition) is 4. The Morgan fingerprint density at radius 2 is 1.55 bits per heavy atom. The van der Waals surface area contributed by atoms with E-state index < -0.39 is 11.9 Å². The number of amides is 2. The van der Waals surface area contributed by atoms with E-state index in [0.717, 1.165) is 25.7 Å². The van der Waals surface area contributed by atoms with E-state index in [2.05, 4.69) is 24.5 Å². The van der Waals surface area contributed by atoms with Gasteiger partial charge in [-0.1, -0.05) is 51.0 Å². The number of hydrogen-bond donors (Lipinski definition) is 5. The number of anilines is 1. The van der Waals surface area contributed by atoms with Gasteiger partial charge in [-0.15, -0.1) is 0 Å². The van der Waals surface area contributed by atoms with Gasteiger partial charge in [0.15, 0.2) is 0 Å². The molecule has 0 aromatic heterocycles. The lowest BCUT2D eigenvalue weighted by molar-refractivity contribution is 0.0697. The molecule has 1 fully saturated rings. The lowest BCUT2D eigenvalue weighted by Crippen LogP contribution is -2.46.